The summed E-state index contributed by atoms with van der Waals surface area (Å²) in [5.41, 5.74) is 5.11. The highest BCUT2D eigenvalue weighted by molar-refractivity contribution is 7.99. The Bertz CT molecular complexity index is 183. The van der Waals surface area contributed by atoms with Crippen LogP contribution in [-0.2, 0) is 9.53 Å². The van der Waals surface area contributed by atoms with E-state index in [0.717, 1.165) is 11.5 Å². The van der Waals surface area contributed by atoms with Crippen LogP contribution >= 0.6 is 11.8 Å². The Morgan fingerprint density at radius 3 is 2.57 bits per heavy atom. The number of hydrogen-bond donors (Lipinski definition) is 1. The summed E-state index contributed by atoms with van der Waals surface area (Å²) in [6.45, 7) is 6.61. The molecule has 14 heavy (non-hydrogen) atoms. The lowest BCUT2D eigenvalue weighted by Crippen LogP contribution is -2.28. The molecule has 4 heteroatoms. The molecule has 0 aliphatic heterocycles. The molecule has 0 fully saturated rings. The Labute approximate surface area is 90.8 Å². The van der Waals surface area contributed by atoms with E-state index < -0.39 is 5.41 Å². The molecular weight excluding hydrogens is 198 g/mol. The van der Waals surface area contributed by atoms with E-state index in [1.54, 1.807) is 11.8 Å². The molecule has 84 valence electrons. The summed E-state index contributed by atoms with van der Waals surface area (Å²) in [5, 5.41) is 0. The normalized spacial score (nSPS) is 13.8. The summed E-state index contributed by atoms with van der Waals surface area (Å²) in [4.78, 5) is 11.3. The lowest BCUT2D eigenvalue weighted by molar-refractivity contribution is -0.149. The van der Waals surface area contributed by atoms with Gasteiger partial charge in [0, 0.05) is 5.75 Å². The van der Waals surface area contributed by atoms with Gasteiger partial charge in [0.1, 0.15) is 0 Å². The van der Waals surface area contributed by atoms with Crippen molar-refractivity contribution in [2.45, 2.75) is 20.8 Å². The monoisotopic (exact) mass is 219 g/mol. The quantitative estimate of drug-likeness (QED) is 0.688. The predicted octanol–water partition coefficient (Wildman–Crippen LogP) is 1.51. The number of hydrogen-bond acceptors (Lipinski definition) is 4. The van der Waals surface area contributed by atoms with E-state index in [2.05, 4.69) is 6.92 Å². The second-order valence-electron chi connectivity index (χ2n) is 4.23. The van der Waals surface area contributed by atoms with E-state index in [9.17, 15) is 4.79 Å². The highest BCUT2D eigenvalue weighted by Crippen LogP contribution is 2.24. The molecule has 0 aliphatic carbocycles. The minimum atomic E-state index is -0.395. The zero-order chi connectivity index (χ0) is 11.2. The number of esters is 1. The van der Waals surface area contributed by atoms with Crippen LogP contribution in [-0.4, -0.2) is 31.1 Å². The van der Waals surface area contributed by atoms with Gasteiger partial charge >= 0.3 is 5.97 Å². The first-order valence-corrected chi connectivity index (χ1v) is 5.95. The van der Waals surface area contributed by atoms with Crippen LogP contribution in [0, 0.1) is 11.3 Å². The van der Waals surface area contributed by atoms with Crippen LogP contribution in [0.2, 0.25) is 0 Å². The molecule has 0 saturated heterocycles. The van der Waals surface area contributed by atoms with E-state index in [1.807, 2.05) is 13.8 Å². The van der Waals surface area contributed by atoms with Gasteiger partial charge in [0.25, 0.3) is 0 Å². The highest BCUT2D eigenvalue weighted by Gasteiger charge is 2.28. The Morgan fingerprint density at radius 2 is 2.14 bits per heavy atom. The van der Waals surface area contributed by atoms with E-state index in [4.69, 9.17) is 10.5 Å². The zero-order valence-electron chi connectivity index (χ0n) is 9.50. The van der Waals surface area contributed by atoms with Gasteiger partial charge in [-0.2, -0.15) is 11.8 Å². The van der Waals surface area contributed by atoms with Crippen molar-refractivity contribution >= 4 is 17.7 Å². The lowest BCUT2D eigenvalue weighted by Gasteiger charge is -2.21. The third-order valence-electron chi connectivity index (χ3n) is 2.01. The van der Waals surface area contributed by atoms with Crippen molar-refractivity contribution in [1.29, 1.82) is 0 Å². The lowest BCUT2D eigenvalue weighted by atomic mass is 9.97. The van der Waals surface area contributed by atoms with Crippen LogP contribution in [0.25, 0.3) is 0 Å². The maximum atomic E-state index is 11.3. The molecule has 2 N–H and O–H groups in total. The minimum absolute atomic E-state index is 0.148. The van der Waals surface area contributed by atoms with Gasteiger partial charge < -0.3 is 10.5 Å². The molecule has 0 saturated carbocycles. The number of rotatable bonds is 6. The molecule has 0 aromatic carbocycles. The van der Waals surface area contributed by atoms with Gasteiger partial charge in [0.05, 0.1) is 12.5 Å². The molecule has 1 unspecified atom stereocenters. The van der Waals surface area contributed by atoms with Gasteiger partial charge in [-0.3, -0.25) is 4.79 Å². The van der Waals surface area contributed by atoms with Gasteiger partial charge in [-0.25, -0.2) is 0 Å². The summed E-state index contributed by atoms with van der Waals surface area (Å²) in [6, 6.07) is 0. The first-order valence-electron chi connectivity index (χ1n) is 4.80. The molecule has 0 aromatic heterocycles. The predicted molar refractivity (Wildman–Crippen MR) is 61.3 cm³/mol. The third-order valence-corrected chi connectivity index (χ3v) is 3.74. The standard InChI is InChI=1S/C10H21NO2S/c1-8(5-11)6-14-7-10(2,3)9(12)13-4/h8H,5-7,11H2,1-4H3. The molecule has 0 aromatic rings. The van der Waals surface area contributed by atoms with Gasteiger partial charge in [-0.1, -0.05) is 6.92 Å². The van der Waals surface area contributed by atoms with Gasteiger partial charge in [-0.15, -0.1) is 0 Å². The van der Waals surface area contributed by atoms with Crippen molar-refractivity contribution in [3.05, 3.63) is 0 Å². The fourth-order valence-corrected chi connectivity index (χ4v) is 2.20. The maximum Gasteiger partial charge on any atom is 0.312 e. The molecule has 3 nitrogen and oxygen atoms in total. The maximum absolute atomic E-state index is 11.3. The topological polar surface area (TPSA) is 52.3 Å². The average Bonchev–Trinajstić information content (AvgIpc) is 2.15. The van der Waals surface area contributed by atoms with Crippen LogP contribution in [0.15, 0.2) is 0 Å². The minimum Gasteiger partial charge on any atom is -0.469 e. The number of carbonyl (C=O) groups is 1. The van der Waals surface area contributed by atoms with Crippen LogP contribution in [0.5, 0.6) is 0 Å². The molecule has 0 bridgehead atoms. The number of nitrogens with two attached hydrogens (primary N) is 1. The Hall–Kier alpha value is -0.220. The van der Waals surface area contributed by atoms with Crippen LogP contribution in [0.3, 0.4) is 0 Å². The van der Waals surface area contributed by atoms with Gasteiger partial charge in [0.15, 0.2) is 0 Å². The summed E-state index contributed by atoms with van der Waals surface area (Å²) in [6.07, 6.45) is 0. The van der Waals surface area contributed by atoms with E-state index in [0.29, 0.717) is 12.5 Å². The van der Waals surface area contributed by atoms with Crippen molar-refractivity contribution < 1.29 is 9.53 Å². The summed E-state index contributed by atoms with van der Waals surface area (Å²) < 4.78 is 4.72. The summed E-state index contributed by atoms with van der Waals surface area (Å²) >= 11 is 1.76. The number of ether oxygens (including phenoxy) is 1. The molecule has 0 aliphatic rings. The van der Waals surface area contributed by atoms with Crippen molar-refractivity contribution in [1.82, 2.24) is 0 Å². The summed E-state index contributed by atoms with van der Waals surface area (Å²) in [7, 11) is 1.43. The first kappa shape index (κ1) is 13.8. The van der Waals surface area contributed by atoms with Crippen molar-refractivity contribution in [2.24, 2.45) is 17.1 Å². The highest BCUT2D eigenvalue weighted by atomic mass is 32.2. The third kappa shape index (κ3) is 4.86. The SMILES string of the molecule is COC(=O)C(C)(C)CSCC(C)CN. The largest absolute Gasteiger partial charge is 0.469 e. The van der Waals surface area contributed by atoms with Gasteiger partial charge in [-0.05, 0) is 32.1 Å². The second kappa shape index (κ2) is 6.30. The van der Waals surface area contributed by atoms with Crippen LogP contribution in [0.4, 0.5) is 0 Å². The number of methoxy groups -OCH3 is 1. The van der Waals surface area contributed by atoms with Crippen LogP contribution < -0.4 is 5.73 Å². The molecule has 0 heterocycles. The van der Waals surface area contributed by atoms with E-state index >= 15 is 0 Å². The second-order valence-corrected chi connectivity index (χ2v) is 5.26. The number of carbonyl (C=O) groups excluding carboxylic acids is 1. The van der Waals surface area contributed by atoms with Crippen molar-refractivity contribution in [3.63, 3.8) is 0 Å². The van der Waals surface area contributed by atoms with Crippen LogP contribution in [0.1, 0.15) is 20.8 Å². The Kier molecular flexibility index (Phi) is 6.20. The smallest absolute Gasteiger partial charge is 0.312 e. The Morgan fingerprint density at radius 1 is 1.57 bits per heavy atom. The zero-order valence-corrected chi connectivity index (χ0v) is 10.3. The molecule has 0 rings (SSSR count). The van der Waals surface area contributed by atoms with E-state index in [-0.39, 0.29) is 5.97 Å². The first-order chi connectivity index (χ1) is 6.44. The molecular formula is C10H21NO2S. The Balaban J connectivity index is 3.82. The summed E-state index contributed by atoms with van der Waals surface area (Å²) in [5.74, 6) is 2.14. The molecule has 1 atom stereocenters. The van der Waals surface area contributed by atoms with E-state index in [1.165, 1.54) is 7.11 Å². The fourth-order valence-electron chi connectivity index (χ4n) is 0.919. The fraction of sp³-hybridized carbons (Fsp3) is 0.900. The van der Waals surface area contributed by atoms with Crippen molar-refractivity contribution in [3.8, 4) is 0 Å². The molecule has 0 radical (unpaired) electrons. The molecule has 0 spiro atoms. The van der Waals surface area contributed by atoms with Crippen molar-refractivity contribution in [2.75, 3.05) is 25.2 Å². The molecule has 0 amide bonds. The van der Waals surface area contributed by atoms with Gasteiger partial charge in [0.2, 0.25) is 0 Å². The average molecular weight is 219 g/mol. The number of thioether (sulfide) groups is 1.